The average Bonchev–Trinajstić information content (AvgIpc) is 3.00. The Morgan fingerprint density at radius 1 is 1.41 bits per heavy atom. The zero-order valence-corrected chi connectivity index (χ0v) is 13.5. The molecule has 118 valence electrons. The van der Waals surface area contributed by atoms with Crippen molar-refractivity contribution < 1.29 is 4.79 Å². The summed E-state index contributed by atoms with van der Waals surface area (Å²) >= 11 is 0. The second kappa shape index (κ2) is 5.55. The lowest BCUT2D eigenvalue weighted by Crippen LogP contribution is -2.32. The van der Waals surface area contributed by atoms with Crippen LogP contribution in [0, 0.1) is 12.8 Å². The largest absolute Gasteiger partial charge is 0.369 e. The van der Waals surface area contributed by atoms with Crippen molar-refractivity contribution in [2.45, 2.75) is 33.2 Å². The Kier molecular flexibility index (Phi) is 3.72. The highest BCUT2D eigenvalue weighted by atomic mass is 16.2. The van der Waals surface area contributed by atoms with Crippen LogP contribution < -0.4 is 5.32 Å². The summed E-state index contributed by atoms with van der Waals surface area (Å²) < 4.78 is 1.74. The smallest absolute Gasteiger partial charge is 0.223 e. The fourth-order valence-electron chi connectivity index (χ4n) is 2.95. The molecule has 1 aliphatic heterocycles. The van der Waals surface area contributed by atoms with E-state index in [4.69, 9.17) is 0 Å². The molecule has 3 rings (SSSR count). The number of rotatable bonds is 4. The Morgan fingerprint density at radius 3 is 2.86 bits per heavy atom. The number of nitrogens with zero attached hydrogens (tertiary/aromatic N) is 5. The number of hydrogen-bond acceptors (Lipinski definition) is 5. The number of likely N-dealkylation sites (tertiary alicyclic amines) is 1. The quantitative estimate of drug-likeness (QED) is 0.922. The minimum atomic E-state index is 0.243. The standard InChI is InChI=1S/C15H22N6O/c1-9(2)21-8-11(5-13(21)22)6-16-14-12-7-17-20(4)15(12)19-10(3)18-14/h7,9,11H,5-6,8H2,1-4H3,(H,16,18,19)/t11-/m0/s1. The van der Waals surface area contributed by atoms with Crippen LogP contribution in [0.25, 0.3) is 11.0 Å². The van der Waals surface area contributed by atoms with E-state index in [1.54, 1.807) is 10.9 Å². The first kappa shape index (κ1) is 14.7. The first-order chi connectivity index (χ1) is 10.5. The zero-order valence-electron chi connectivity index (χ0n) is 13.5. The van der Waals surface area contributed by atoms with Gasteiger partial charge in [-0.1, -0.05) is 0 Å². The molecule has 1 atom stereocenters. The molecule has 1 saturated heterocycles. The maximum atomic E-state index is 12.0. The minimum Gasteiger partial charge on any atom is -0.369 e. The third-order valence-electron chi connectivity index (χ3n) is 4.12. The lowest BCUT2D eigenvalue weighted by atomic mass is 10.1. The van der Waals surface area contributed by atoms with E-state index in [0.29, 0.717) is 18.2 Å². The lowest BCUT2D eigenvalue weighted by Gasteiger charge is -2.21. The summed E-state index contributed by atoms with van der Waals surface area (Å²) in [6.07, 6.45) is 2.38. The topological polar surface area (TPSA) is 75.9 Å². The normalized spacial score (nSPS) is 18.7. The zero-order chi connectivity index (χ0) is 15.9. The highest BCUT2D eigenvalue weighted by Gasteiger charge is 2.31. The van der Waals surface area contributed by atoms with Crippen LogP contribution in [0.2, 0.25) is 0 Å². The van der Waals surface area contributed by atoms with Crippen LogP contribution in [0.4, 0.5) is 5.82 Å². The Labute approximate surface area is 129 Å². The van der Waals surface area contributed by atoms with Crippen molar-refractivity contribution in [2.75, 3.05) is 18.4 Å². The van der Waals surface area contributed by atoms with Crippen LogP contribution >= 0.6 is 0 Å². The molecule has 1 N–H and O–H groups in total. The van der Waals surface area contributed by atoms with E-state index in [1.165, 1.54) is 0 Å². The number of anilines is 1. The van der Waals surface area contributed by atoms with Gasteiger partial charge in [0.1, 0.15) is 11.6 Å². The molecule has 0 unspecified atom stereocenters. The molecule has 0 aliphatic carbocycles. The monoisotopic (exact) mass is 302 g/mol. The van der Waals surface area contributed by atoms with Gasteiger partial charge in [0.25, 0.3) is 0 Å². The van der Waals surface area contributed by atoms with E-state index >= 15 is 0 Å². The van der Waals surface area contributed by atoms with Crippen LogP contribution in [0.3, 0.4) is 0 Å². The number of carbonyl (C=O) groups excluding carboxylic acids is 1. The molecule has 2 aromatic heterocycles. The molecule has 1 amide bonds. The van der Waals surface area contributed by atoms with Gasteiger partial charge in [0.15, 0.2) is 5.65 Å². The summed E-state index contributed by atoms with van der Waals surface area (Å²) in [5.41, 5.74) is 0.821. The fourth-order valence-corrected chi connectivity index (χ4v) is 2.95. The van der Waals surface area contributed by atoms with Crippen LogP contribution in [0.1, 0.15) is 26.1 Å². The van der Waals surface area contributed by atoms with Gasteiger partial charge in [0, 0.05) is 38.5 Å². The van der Waals surface area contributed by atoms with Crippen LogP contribution in [-0.4, -0.2) is 49.7 Å². The second-order valence-electron chi connectivity index (χ2n) is 6.22. The molecule has 0 spiro atoms. The van der Waals surface area contributed by atoms with Gasteiger partial charge in [-0.15, -0.1) is 0 Å². The molecule has 1 aliphatic rings. The van der Waals surface area contributed by atoms with Gasteiger partial charge in [0.2, 0.25) is 5.91 Å². The van der Waals surface area contributed by atoms with Crippen LogP contribution in [-0.2, 0) is 11.8 Å². The minimum absolute atomic E-state index is 0.243. The molecule has 22 heavy (non-hydrogen) atoms. The van der Waals surface area contributed by atoms with Crippen molar-refractivity contribution in [3.8, 4) is 0 Å². The Balaban J connectivity index is 1.74. The van der Waals surface area contributed by atoms with Crippen molar-refractivity contribution >= 4 is 22.8 Å². The first-order valence-electron chi connectivity index (χ1n) is 7.65. The molecule has 2 aromatic rings. The number of amides is 1. The third kappa shape index (κ3) is 2.63. The van der Waals surface area contributed by atoms with Crippen molar-refractivity contribution in [1.82, 2.24) is 24.6 Å². The number of aromatic nitrogens is 4. The van der Waals surface area contributed by atoms with Gasteiger partial charge < -0.3 is 10.2 Å². The summed E-state index contributed by atoms with van der Waals surface area (Å²) in [7, 11) is 1.87. The summed E-state index contributed by atoms with van der Waals surface area (Å²) in [6, 6.07) is 0.267. The Hall–Kier alpha value is -2.18. The molecule has 1 fully saturated rings. The van der Waals surface area contributed by atoms with Crippen molar-refractivity contribution in [1.29, 1.82) is 0 Å². The highest BCUT2D eigenvalue weighted by Crippen LogP contribution is 2.23. The number of nitrogens with one attached hydrogen (secondary N) is 1. The number of carbonyl (C=O) groups is 1. The molecule has 7 heteroatoms. The lowest BCUT2D eigenvalue weighted by molar-refractivity contribution is -0.129. The number of hydrogen-bond donors (Lipinski definition) is 1. The molecule has 0 radical (unpaired) electrons. The molecule has 0 aromatic carbocycles. The number of fused-ring (bicyclic) bond motifs is 1. The van der Waals surface area contributed by atoms with Gasteiger partial charge in [0.05, 0.1) is 11.6 Å². The SMILES string of the molecule is Cc1nc(NC[C@@H]2CC(=O)N(C(C)C)C2)c2cnn(C)c2n1. The second-order valence-corrected chi connectivity index (χ2v) is 6.22. The van der Waals surface area contributed by atoms with E-state index in [2.05, 4.69) is 34.2 Å². The molecule has 0 bridgehead atoms. The van der Waals surface area contributed by atoms with E-state index < -0.39 is 0 Å². The van der Waals surface area contributed by atoms with E-state index in [9.17, 15) is 4.79 Å². The molecule has 0 saturated carbocycles. The van der Waals surface area contributed by atoms with E-state index in [0.717, 1.165) is 29.9 Å². The van der Waals surface area contributed by atoms with Gasteiger partial charge in [-0.3, -0.25) is 9.48 Å². The van der Waals surface area contributed by atoms with Crippen molar-refractivity contribution in [3.05, 3.63) is 12.0 Å². The van der Waals surface area contributed by atoms with Crippen molar-refractivity contribution in [2.24, 2.45) is 13.0 Å². The van der Waals surface area contributed by atoms with Crippen LogP contribution in [0.5, 0.6) is 0 Å². The first-order valence-corrected chi connectivity index (χ1v) is 7.65. The third-order valence-corrected chi connectivity index (χ3v) is 4.12. The maximum Gasteiger partial charge on any atom is 0.223 e. The van der Waals surface area contributed by atoms with E-state index in [1.807, 2.05) is 18.9 Å². The van der Waals surface area contributed by atoms with Gasteiger partial charge in [-0.25, -0.2) is 9.97 Å². The number of aryl methyl sites for hydroxylation is 2. The van der Waals surface area contributed by atoms with Crippen LogP contribution in [0.15, 0.2) is 6.20 Å². The average molecular weight is 302 g/mol. The molecular weight excluding hydrogens is 280 g/mol. The predicted molar refractivity (Wildman–Crippen MR) is 84.5 cm³/mol. The van der Waals surface area contributed by atoms with Gasteiger partial charge in [-0.2, -0.15) is 5.10 Å². The predicted octanol–water partition coefficient (Wildman–Crippen LogP) is 1.34. The van der Waals surface area contributed by atoms with Gasteiger partial charge >= 0.3 is 0 Å². The summed E-state index contributed by atoms with van der Waals surface area (Å²) in [5.74, 6) is 2.07. The highest BCUT2D eigenvalue weighted by molar-refractivity contribution is 5.86. The summed E-state index contributed by atoms with van der Waals surface area (Å²) in [5, 5.41) is 8.53. The van der Waals surface area contributed by atoms with Gasteiger partial charge in [-0.05, 0) is 20.8 Å². The molecular formula is C15H22N6O. The summed E-state index contributed by atoms with van der Waals surface area (Å²) in [4.78, 5) is 22.8. The van der Waals surface area contributed by atoms with Crippen molar-refractivity contribution in [3.63, 3.8) is 0 Å². The Bertz CT molecular complexity index is 707. The molecule has 3 heterocycles. The fraction of sp³-hybridized carbons (Fsp3) is 0.600. The maximum absolute atomic E-state index is 12.0. The summed E-state index contributed by atoms with van der Waals surface area (Å²) in [6.45, 7) is 7.53. The Morgan fingerprint density at radius 2 is 2.18 bits per heavy atom. The van der Waals surface area contributed by atoms with E-state index in [-0.39, 0.29) is 11.9 Å². The molecule has 7 nitrogen and oxygen atoms in total.